The third-order valence-corrected chi connectivity index (χ3v) is 3.93. The Balaban J connectivity index is 2.88. The fourth-order valence-electron chi connectivity index (χ4n) is 1.91. The highest BCUT2D eigenvalue weighted by Gasteiger charge is 2.30. The van der Waals surface area contributed by atoms with Crippen molar-refractivity contribution in [2.24, 2.45) is 5.92 Å². The summed E-state index contributed by atoms with van der Waals surface area (Å²) in [6, 6.07) is 0. The molecule has 0 aliphatic rings. The van der Waals surface area contributed by atoms with Crippen LogP contribution in [0.1, 0.15) is 36.7 Å². The Morgan fingerprint density at radius 1 is 1.29 bits per heavy atom. The molecule has 0 aliphatic carbocycles. The van der Waals surface area contributed by atoms with Crippen LogP contribution in [-0.2, 0) is 20.7 Å². The third-order valence-electron chi connectivity index (χ3n) is 2.99. The molecule has 1 heterocycles. The average Bonchev–Trinajstić information content (AvgIpc) is 2.84. The minimum atomic E-state index is -4.51. The van der Waals surface area contributed by atoms with E-state index < -0.39 is 30.8 Å². The van der Waals surface area contributed by atoms with Gasteiger partial charge in [0.15, 0.2) is 0 Å². The minimum Gasteiger partial charge on any atom is -0.465 e. The molecule has 0 aliphatic heterocycles. The van der Waals surface area contributed by atoms with Gasteiger partial charge in [0.1, 0.15) is 17.7 Å². The molecule has 0 fully saturated rings. The van der Waals surface area contributed by atoms with Crippen molar-refractivity contribution in [3.8, 4) is 0 Å². The minimum absolute atomic E-state index is 0.229. The molecule has 136 valence electrons. The summed E-state index contributed by atoms with van der Waals surface area (Å²) in [5.41, 5.74) is 0.952. The van der Waals surface area contributed by atoms with Crippen LogP contribution in [0.4, 0.5) is 18.2 Å². The van der Waals surface area contributed by atoms with E-state index in [1.54, 1.807) is 5.38 Å². The molecule has 0 spiro atoms. The van der Waals surface area contributed by atoms with Gasteiger partial charge in [0.25, 0.3) is 5.91 Å². The van der Waals surface area contributed by atoms with Crippen molar-refractivity contribution in [3.63, 3.8) is 0 Å². The van der Waals surface area contributed by atoms with E-state index in [2.05, 4.69) is 10.1 Å². The lowest BCUT2D eigenvalue weighted by atomic mass is 10.0. The number of carbonyl (C=O) groups is 2. The van der Waals surface area contributed by atoms with Gasteiger partial charge in [-0.3, -0.25) is 4.79 Å². The number of thiophene rings is 1. The van der Waals surface area contributed by atoms with Crippen LogP contribution in [0.25, 0.3) is 0 Å². The average molecular weight is 367 g/mol. The number of hydrogen-bond acceptors (Lipinski definition) is 5. The summed E-state index contributed by atoms with van der Waals surface area (Å²) in [4.78, 5) is 23.9. The molecule has 0 aromatic carbocycles. The van der Waals surface area contributed by atoms with Gasteiger partial charge in [0, 0.05) is 0 Å². The van der Waals surface area contributed by atoms with Crippen LogP contribution in [0.3, 0.4) is 0 Å². The first-order valence-corrected chi connectivity index (χ1v) is 8.11. The summed E-state index contributed by atoms with van der Waals surface area (Å²) in [6.07, 6.45) is -5.22. The van der Waals surface area contributed by atoms with Crippen LogP contribution in [0, 0.1) is 5.92 Å². The highest BCUT2D eigenvalue weighted by Crippen LogP contribution is 2.31. The molecule has 9 heteroatoms. The fourth-order valence-corrected chi connectivity index (χ4v) is 2.88. The third kappa shape index (κ3) is 6.12. The van der Waals surface area contributed by atoms with Crippen LogP contribution in [0.15, 0.2) is 5.38 Å². The zero-order valence-electron chi connectivity index (χ0n) is 13.8. The lowest BCUT2D eigenvalue weighted by Crippen LogP contribution is -2.31. The molecule has 1 amide bonds. The van der Waals surface area contributed by atoms with E-state index in [1.165, 1.54) is 14.0 Å². The van der Waals surface area contributed by atoms with Crippen molar-refractivity contribution < 1.29 is 32.2 Å². The van der Waals surface area contributed by atoms with Crippen molar-refractivity contribution in [1.82, 2.24) is 0 Å². The van der Waals surface area contributed by atoms with Gasteiger partial charge < -0.3 is 14.8 Å². The van der Waals surface area contributed by atoms with E-state index in [0.29, 0.717) is 6.42 Å². The van der Waals surface area contributed by atoms with E-state index in [0.717, 1.165) is 16.9 Å². The molecule has 0 saturated heterocycles. The van der Waals surface area contributed by atoms with Gasteiger partial charge in [-0.15, -0.1) is 11.3 Å². The smallest absolute Gasteiger partial charge is 0.411 e. The molecule has 1 rings (SSSR count). The number of nitrogens with one attached hydrogen (secondary N) is 1. The molecule has 0 saturated carbocycles. The lowest BCUT2D eigenvalue weighted by Gasteiger charge is -2.15. The van der Waals surface area contributed by atoms with Crippen molar-refractivity contribution >= 4 is 28.2 Å². The molecular weight excluding hydrogens is 347 g/mol. The zero-order valence-corrected chi connectivity index (χ0v) is 14.6. The van der Waals surface area contributed by atoms with Crippen LogP contribution in [-0.4, -0.2) is 37.9 Å². The van der Waals surface area contributed by atoms with Crippen molar-refractivity contribution in [2.75, 3.05) is 19.0 Å². The molecule has 24 heavy (non-hydrogen) atoms. The molecule has 1 aromatic rings. The van der Waals surface area contributed by atoms with Gasteiger partial charge in [-0.1, -0.05) is 13.8 Å². The molecule has 0 radical (unpaired) electrons. The Labute approximate surface area is 142 Å². The van der Waals surface area contributed by atoms with Gasteiger partial charge in [0.2, 0.25) is 0 Å². The van der Waals surface area contributed by atoms with Crippen molar-refractivity contribution in [1.29, 1.82) is 0 Å². The van der Waals surface area contributed by atoms with E-state index in [1.807, 2.05) is 13.8 Å². The maximum Gasteiger partial charge on any atom is 0.411 e. The summed E-state index contributed by atoms with van der Waals surface area (Å²) >= 11 is 1.12. The van der Waals surface area contributed by atoms with Crippen LogP contribution >= 0.6 is 11.3 Å². The molecule has 1 unspecified atom stereocenters. The Hall–Kier alpha value is -1.61. The summed E-state index contributed by atoms with van der Waals surface area (Å²) in [7, 11) is 1.22. The second-order valence-corrected chi connectivity index (χ2v) is 6.49. The first-order valence-electron chi connectivity index (χ1n) is 7.23. The van der Waals surface area contributed by atoms with Crippen LogP contribution < -0.4 is 5.32 Å². The first kappa shape index (κ1) is 20.4. The lowest BCUT2D eigenvalue weighted by molar-refractivity contribution is -0.184. The Morgan fingerprint density at radius 2 is 1.92 bits per heavy atom. The van der Waals surface area contributed by atoms with Gasteiger partial charge in [-0.05, 0) is 30.2 Å². The number of methoxy groups -OCH3 is 1. The molecule has 1 N–H and O–H groups in total. The highest BCUT2D eigenvalue weighted by atomic mass is 32.1. The Bertz CT molecular complexity index is 584. The topological polar surface area (TPSA) is 64.6 Å². The summed E-state index contributed by atoms with van der Waals surface area (Å²) in [6.45, 7) is 3.64. The first-order chi connectivity index (χ1) is 11.0. The maximum absolute atomic E-state index is 12.1. The van der Waals surface area contributed by atoms with Crippen molar-refractivity contribution in [2.45, 2.75) is 39.5 Å². The van der Waals surface area contributed by atoms with E-state index in [-0.39, 0.29) is 16.5 Å². The maximum atomic E-state index is 12.1. The number of anilines is 1. The highest BCUT2D eigenvalue weighted by molar-refractivity contribution is 7.15. The second-order valence-electron chi connectivity index (χ2n) is 5.61. The predicted molar refractivity (Wildman–Crippen MR) is 84.3 cm³/mol. The molecule has 1 atom stereocenters. The molecule has 5 nitrogen and oxygen atoms in total. The standard InChI is InChI=1S/C15H20F3NO4S/c1-8(2)5-10-6-24-13(11(10)14(21)22-4)19-12(20)9(3)23-7-15(16,17)18/h6,8-9H,5,7H2,1-4H3,(H,19,20). The number of amides is 1. The van der Waals surface area contributed by atoms with Gasteiger partial charge in [-0.25, -0.2) is 4.79 Å². The molecular formula is C15H20F3NO4S. The van der Waals surface area contributed by atoms with E-state index in [4.69, 9.17) is 4.74 Å². The summed E-state index contributed by atoms with van der Waals surface area (Å²) < 4.78 is 45.6. The molecule has 0 bridgehead atoms. The predicted octanol–water partition coefficient (Wildman–Crippen LogP) is 3.64. The number of ether oxygens (including phenoxy) is 2. The monoisotopic (exact) mass is 367 g/mol. The number of rotatable bonds is 7. The van der Waals surface area contributed by atoms with Gasteiger partial charge in [0.05, 0.1) is 12.7 Å². The number of esters is 1. The van der Waals surface area contributed by atoms with Gasteiger partial charge in [-0.2, -0.15) is 13.2 Å². The second kappa shape index (κ2) is 8.48. The van der Waals surface area contributed by atoms with Crippen LogP contribution in [0.5, 0.6) is 0 Å². The Kier molecular flexibility index (Phi) is 7.22. The fraction of sp³-hybridized carbons (Fsp3) is 0.600. The zero-order chi connectivity index (χ0) is 18.5. The van der Waals surface area contributed by atoms with Gasteiger partial charge >= 0.3 is 12.1 Å². The van der Waals surface area contributed by atoms with E-state index >= 15 is 0 Å². The number of carbonyl (C=O) groups excluding carboxylic acids is 2. The quantitative estimate of drug-likeness (QED) is 0.748. The number of hydrogen-bond donors (Lipinski definition) is 1. The van der Waals surface area contributed by atoms with Crippen molar-refractivity contribution in [3.05, 3.63) is 16.5 Å². The Morgan fingerprint density at radius 3 is 2.42 bits per heavy atom. The largest absolute Gasteiger partial charge is 0.465 e. The molecule has 1 aromatic heterocycles. The summed E-state index contributed by atoms with van der Waals surface area (Å²) in [5, 5.41) is 4.41. The summed E-state index contributed by atoms with van der Waals surface area (Å²) in [5.74, 6) is -1.09. The van der Waals surface area contributed by atoms with E-state index in [9.17, 15) is 22.8 Å². The van der Waals surface area contributed by atoms with Crippen LogP contribution in [0.2, 0.25) is 0 Å². The normalized spacial score (nSPS) is 13.0. The SMILES string of the molecule is COC(=O)c1c(CC(C)C)csc1NC(=O)C(C)OCC(F)(F)F. The number of halogens is 3. The number of alkyl halides is 3.